The van der Waals surface area contributed by atoms with Crippen LogP contribution in [0.2, 0.25) is 5.02 Å². The highest BCUT2D eigenvalue weighted by atomic mass is 35.5. The van der Waals surface area contributed by atoms with E-state index in [-0.39, 0.29) is 5.91 Å². The molecule has 2 aromatic carbocycles. The second-order valence-corrected chi connectivity index (χ2v) is 8.85. The number of aryl methyl sites for hydroxylation is 1. The van der Waals surface area contributed by atoms with Gasteiger partial charge in [-0.1, -0.05) is 23.7 Å². The normalized spacial score (nSPS) is 14.9. The fraction of sp³-hybridized carbons (Fsp3) is 0.316. The van der Waals surface area contributed by atoms with Crippen LogP contribution in [0.15, 0.2) is 42.5 Å². The Kier molecular flexibility index (Phi) is 5.62. The number of carbonyl (C=O) groups excluding carboxylic acids is 1. The SMILES string of the molecule is Cc1ccc(C(=O)N2CCN(c3cccc(Cl)c3)CC2)cc1NS(C)(=O)=O. The minimum Gasteiger partial charge on any atom is -0.368 e. The molecule has 144 valence electrons. The van der Waals surface area contributed by atoms with Gasteiger partial charge in [0.15, 0.2) is 0 Å². The highest BCUT2D eigenvalue weighted by Gasteiger charge is 2.23. The third-order valence-electron chi connectivity index (χ3n) is 4.52. The Morgan fingerprint density at radius 1 is 1.07 bits per heavy atom. The van der Waals surface area contributed by atoms with Crippen LogP contribution >= 0.6 is 11.6 Å². The lowest BCUT2D eigenvalue weighted by Gasteiger charge is -2.36. The first-order chi connectivity index (χ1) is 12.7. The molecular weight excluding hydrogens is 386 g/mol. The Morgan fingerprint density at radius 3 is 2.41 bits per heavy atom. The van der Waals surface area contributed by atoms with Crippen LogP contribution < -0.4 is 9.62 Å². The molecule has 27 heavy (non-hydrogen) atoms. The Balaban J connectivity index is 1.70. The smallest absolute Gasteiger partial charge is 0.254 e. The lowest BCUT2D eigenvalue weighted by atomic mass is 10.1. The van der Waals surface area contributed by atoms with Gasteiger partial charge in [-0.3, -0.25) is 9.52 Å². The summed E-state index contributed by atoms with van der Waals surface area (Å²) in [5.74, 6) is -0.0997. The number of hydrogen-bond acceptors (Lipinski definition) is 4. The van der Waals surface area contributed by atoms with Crippen molar-refractivity contribution < 1.29 is 13.2 Å². The van der Waals surface area contributed by atoms with Crippen molar-refractivity contribution in [2.45, 2.75) is 6.92 Å². The molecule has 1 amide bonds. The molecule has 0 saturated carbocycles. The van der Waals surface area contributed by atoms with E-state index in [0.29, 0.717) is 42.5 Å². The van der Waals surface area contributed by atoms with Gasteiger partial charge in [0.1, 0.15) is 0 Å². The molecule has 0 radical (unpaired) electrons. The molecule has 0 aromatic heterocycles. The highest BCUT2D eigenvalue weighted by Crippen LogP contribution is 2.23. The van der Waals surface area contributed by atoms with E-state index in [1.54, 1.807) is 30.0 Å². The summed E-state index contributed by atoms with van der Waals surface area (Å²) >= 11 is 6.06. The van der Waals surface area contributed by atoms with Gasteiger partial charge in [-0.05, 0) is 42.8 Å². The maximum absolute atomic E-state index is 12.8. The fourth-order valence-corrected chi connectivity index (χ4v) is 3.89. The average Bonchev–Trinajstić information content (AvgIpc) is 2.62. The molecule has 3 rings (SSSR count). The first-order valence-electron chi connectivity index (χ1n) is 8.61. The van der Waals surface area contributed by atoms with Gasteiger partial charge in [0.2, 0.25) is 10.0 Å². The summed E-state index contributed by atoms with van der Waals surface area (Å²) in [4.78, 5) is 16.8. The van der Waals surface area contributed by atoms with Crippen molar-refractivity contribution in [3.8, 4) is 0 Å². The second kappa shape index (κ2) is 7.78. The predicted molar refractivity (Wildman–Crippen MR) is 109 cm³/mol. The molecule has 1 aliphatic rings. The van der Waals surface area contributed by atoms with E-state index < -0.39 is 10.0 Å². The Hall–Kier alpha value is -2.25. The molecule has 0 atom stereocenters. The molecule has 1 aliphatic heterocycles. The van der Waals surface area contributed by atoms with E-state index in [1.807, 2.05) is 24.3 Å². The maximum Gasteiger partial charge on any atom is 0.254 e. The van der Waals surface area contributed by atoms with E-state index in [9.17, 15) is 13.2 Å². The van der Waals surface area contributed by atoms with Crippen LogP contribution in [0.3, 0.4) is 0 Å². The van der Waals surface area contributed by atoms with Crippen molar-refractivity contribution >= 4 is 38.9 Å². The first kappa shape index (κ1) is 19.5. The third kappa shape index (κ3) is 4.93. The largest absolute Gasteiger partial charge is 0.368 e. The monoisotopic (exact) mass is 407 g/mol. The van der Waals surface area contributed by atoms with Crippen molar-refractivity contribution in [1.29, 1.82) is 0 Å². The number of nitrogens with zero attached hydrogens (tertiary/aromatic N) is 2. The second-order valence-electron chi connectivity index (χ2n) is 6.66. The summed E-state index contributed by atoms with van der Waals surface area (Å²) in [5, 5.41) is 0.691. The molecule has 1 fully saturated rings. The molecule has 1 saturated heterocycles. The highest BCUT2D eigenvalue weighted by molar-refractivity contribution is 7.92. The minimum absolute atomic E-state index is 0.0997. The van der Waals surface area contributed by atoms with Crippen molar-refractivity contribution in [3.63, 3.8) is 0 Å². The number of nitrogens with one attached hydrogen (secondary N) is 1. The molecule has 6 nitrogen and oxygen atoms in total. The zero-order valence-corrected chi connectivity index (χ0v) is 16.8. The van der Waals surface area contributed by atoms with E-state index in [1.165, 1.54) is 0 Å². The van der Waals surface area contributed by atoms with Crippen LogP contribution in [0.25, 0.3) is 0 Å². The van der Waals surface area contributed by atoms with Gasteiger partial charge in [0.05, 0.1) is 11.9 Å². The van der Waals surface area contributed by atoms with Gasteiger partial charge in [-0.25, -0.2) is 8.42 Å². The van der Waals surface area contributed by atoms with Gasteiger partial charge in [-0.15, -0.1) is 0 Å². The zero-order valence-electron chi connectivity index (χ0n) is 15.3. The van der Waals surface area contributed by atoms with Gasteiger partial charge in [-0.2, -0.15) is 0 Å². The minimum atomic E-state index is -3.40. The van der Waals surface area contributed by atoms with Crippen LogP contribution in [-0.2, 0) is 10.0 Å². The molecule has 0 unspecified atom stereocenters. The zero-order chi connectivity index (χ0) is 19.6. The number of rotatable bonds is 4. The molecule has 0 aliphatic carbocycles. The van der Waals surface area contributed by atoms with E-state index >= 15 is 0 Å². The molecule has 1 heterocycles. The Labute approximate surface area is 164 Å². The van der Waals surface area contributed by atoms with Crippen LogP contribution in [0.4, 0.5) is 11.4 Å². The summed E-state index contributed by atoms with van der Waals surface area (Å²) in [7, 11) is -3.40. The van der Waals surface area contributed by atoms with Gasteiger partial charge in [0, 0.05) is 42.5 Å². The summed E-state index contributed by atoms with van der Waals surface area (Å²) in [5.41, 5.74) is 2.72. The summed E-state index contributed by atoms with van der Waals surface area (Å²) in [6.45, 7) is 4.41. The Morgan fingerprint density at radius 2 is 1.78 bits per heavy atom. The van der Waals surface area contributed by atoms with Crippen LogP contribution in [0, 0.1) is 6.92 Å². The van der Waals surface area contributed by atoms with Gasteiger partial charge < -0.3 is 9.80 Å². The lowest BCUT2D eigenvalue weighted by molar-refractivity contribution is 0.0747. The molecule has 0 spiro atoms. The van der Waals surface area contributed by atoms with Gasteiger partial charge >= 0.3 is 0 Å². The number of amides is 1. The number of halogens is 1. The topological polar surface area (TPSA) is 69.7 Å². The van der Waals surface area contributed by atoms with Crippen molar-refractivity contribution in [3.05, 3.63) is 58.6 Å². The molecule has 8 heteroatoms. The average molecular weight is 408 g/mol. The first-order valence-corrected chi connectivity index (χ1v) is 10.9. The Bertz CT molecular complexity index is 954. The standard InChI is InChI=1S/C19H22ClN3O3S/c1-14-6-7-15(12-18(14)21-27(2,25)26)19(24)23-10-8-22(9-11-23)17-5-3-4-16(20)13-17/h3-7,12-13,21H,8-11H2,1-2H3. The number of anilines is 2. The van der Waals surface area contributed by atoms with Crippen molar-refractivity contribution in [1.82, 2.24) is 4.90 Å². The molecule has 2 aromatic rings. The number of benzene rings is 2. The lowest BCUT2D eigenvalue weighted by Crippen LogP contribution is -2.48. The molecule has 0 bridgehead atoms. The van der Waals surface area contributed by atoms with Gasteiger partial charge in [0.25, 0.3) is 5.91 Å². The van der Waals surface area contributed by atoms with Crippen molar-refractivity contribution in [2.24, 2.45) is 0 Å². The number of hydrogen-bond donors (Lipinski definition) is 1. The molecular formula is C19H22ClN3O3S. The fourth-order valence-electron chi connectivity index (χ4n) is 3.09. The summed E-state index contributed by atoms with van der Waals surface area (Å²) in [6.07, 6.45) is 1.09. The van der Waals surface area contributed by atoms with E-state index in [2.05, 4.69) is 9.62 Å². The van der Waals surface area contributed by atoms with Crippen LogP contribution in [0.1, 0.15) is 15.9 Å². The number of carbonyl (C=O) groups is 1. The number of piperazine rings is 1. The number of sulfonamides is 1. The quantitative estimate of drug-likeness (QED) is 0.845. The summed E-state index contributed by atoms with van der Waals surface area (Å²) in [6, 6.07) is 12.8. The predicted octanol–water partition coefficient (Wildman–Crippen LogP) is 2.98. The molecule has 1 N–H and O–H groups in total. The summed E-state index contributed by atoms with van der Waals surface area (Å²) < 4.78 is 25.5. The third-order valence-corrected chi connectivity index (χ3v) is 5.35. The van der Waals surface area contributed by atoms with Crippen LogP contribution in [-0.4, -0.2) is 51.7 Å². The van der Waals surface area contributed by atoms with Crippen molar-refractivity contribution in [2.75, 3.05) is 42.1 Å². The van der Waals surface area contributed by atoms with Crippen LogP contribution in [0.5, 0.6) is 0 Å². The maximum atomic E-state index is 12.8. The van der Waals surface area contributed by atoms with E-state index in [0.717, 1.165) is 17.5 Å². The van der Waals surface area contributed by atoms with E-state index in [4.69, 9.17) is 11.6 Å².